The number of carboxylic acid groups (broad SMARTS) is 2. The molecule has 0 bridgehead atoms. The van der Waals surface area contributed by atoms with Crippen molar-refractivity contribution in [3.8, 4) is 0 Å². The third-order valence-electron chi connectivity index (χ3n) is 7.35. The van der Waals surface area contributed by atoms with E-state index in [-0.39, 0.29) is 12.8 Å². The molecule has 0 spiro atoms. The Morgan fingerprint density at radius 3 is 0.605 bits per heavy atom. The lowest BCUT2D eigenvalue weighted by Crippen LogP contribution is -1.99. The highest BCUT2D eigenvalue weighted by Crippen LogP contribution is 2.15. The van der Waals surface area contributed by atoms with Crippen LogP contribution in [-0.4, -0.2) is 33.7 Å². The SMILES string of the molecule is O=C(O)CCCCCCCCCCCC(=O)CCCCCCC(=O)CCCCCCCCCCCC(=O)O. The number of rotatable bonds is 31. The lowest BCUT2D eigenvalue weighted by molar-refractivity contribution is -0.138. The minimum absolute atomic E-state index is 0.289. The molecule has 0 unspecified atom stereocenters. The Balaban J connectivity index is 3.29. The molecule has 6 heteroatoms. The summed E-state index contributed by atoms with van der Waals surface area (Å²) < 4.78 is 0. The monoisotopic (exact) mass is 538 g/mol. The highest BCUT2D eigenvalue weighted by atomic mass is 16.4. The van der Waals surface area contributed by atoms with Crippen molar-refractivity contribution in [2.45, 2.75) is 180 Å². The fraction of sp³-hybridized carbons (Fsp3) is 0.875. The van der Waals surface area contributed by atoms with Gasteiger partial charge in [0.1, 0.15) is 11.6 Å². The Labute approximate surface area is 232 Å². The molecule has 0 atom stereocenters. The predicted molar refractivity (Wildman–Crippen MR) is 155 cm³/mol. The Morgan fingerprint density at radius 2 is 0.421 bits per heavy atom. The summed E-state index contributed by atoms with van der Waals surface area (Å²) in [6, 6.07) is 0. The number of unbranched alkanes of at least 4 members (excludes halogenated alkanes) is 19. The van der Waals surface area contributed by atoms with Gasteiger partial charge in [-0.1, -0.05) is 103 Å². The summed E-state index contributed by atoms with van der Waals surface area (Å²) in [5, 5.41) is 17.2. The van der Waals surface area contributed by atoms with Gasteiger partial charge in [0.25, 0.3) is 0 Å². The van der Waals surface area contributed by atoms with Gasteiger partial charge >= 0.3 is 11.9 Å². The van der Waals surface area contributed by atoms with Crippen molar-refractivity contribution in [2.75, 3.05) is 0 Å². The molecule has 0 aromatic rings. The highest BCUT2D eigenvalue weighted by molar-refractivity contribution is 5.78. The number of carbonyl (C=O) groups is 4. The van der Waals surface area contributed by atoms with Crippen molar-refractivity contribution >= 4 is 23.5 Å². The van der Waals surface area contributed by atoms with Crippen LogP contribution in [0.4, 0.5) is 0 Å². The molecule has 0 aromatic heterocycles. The van der Waals surface area contributed by atoms with E-state index in [2.05, 4.69) is 0 Å². The van der Waals surface area contributed by atoms with Gasteiger partial charge in [-0.3, -0.25) is 19.2 Å². The molecule has 0 saturated carbocycles. The number of Topliss-reactive ketones (excluding diaryl/α,β-unsaturated/α-hetero) is 2. The summed E-state index contributed by atoms with van der Waals surface area (Å²) in [5.41, 5.74) is 0. The first-order chi connectivity index (χ1) is 18.4. The van der Waals surface area contributed by atoms with Crippen molar-refractivity contribution in [3.05, 3.63) is 0 Å². The van der Waals surface area contributed by atoms with Gasteiger partial charge in [-0.2, -0.15) is 0 Å². The minimum Gasteiger partial charge on any atom is -0.481 e. The zero-order valence-electron chi connectivity index (χ0n) is 24.3. The number of carbonyl (C=O) groups excluding carboxylic acids is 2. The molecule has 0 amide bonds. The summed E-state index contributed by atoms with van der Waals surface area (Å²) in [5.74, 6) is -0.621. The van der Waals surface area contributed by atoms with Crippen molar-refractivity contribution < 1.29 is 29.4 Å². The molecule has 222 valence electrons. The van der Waals surface area contributed by atoms with Gasteiger partial charge in [-0.25, -0.2) is 0 Å². The van der Waals surface area contributed by atoms with E-state index in [1.54, 1.807) is 0 Å². The van der Waals surface area contributed by atoms with Gasteiger partial charge < -0.3 is 10.2 Å². The standard InChI is InChI=1S/C32H58O6/c33-29(23-17-11-7-3-1-5-9-13-21-27-31(35)36)25-19-15-16-20-26-30(34)24-18-12-8-4-2-6-10-14-22-28-32(37)38/h1-28H2,(H,35,36)(H,37,38). The van der Waals surface area contributed by atoms with E-state index in [9.17, 15) is 19.2 Å². The van der Waals surface area contributed by atoms with E-state index in [1.165, 1.54) is 51.4 Å². The maximum atomic E-state index is 12.0. The van der Waals surface area contributed by atoms with E-state index in [1.807, 2.05) is 0 Å². The van der Waals surface area contributed by atoms with Gasteiger partial charge in [-0.15, -0.1) is 0 Å². The van der Waals surface area contributed by atoms with Gasteiger partial charge in [-0.05, 0) is 38.5 Å². The zero-order valence-corrected chi connectivity index (χ0v) is 24.3. The van der Waals surface area contributed by atoms with E-state index in [0.717, 1.165) is 89.9 Å². The van der Waals surface area contributed by atoms with E-state index in [0.29, 0.717) is 37.2 Å². The highest BCUT2D eigenvalue weighted by Gasteiger charge is 2.05. The molecule has 0 saturated heterocycles. The molecule has 0 fully saturated rings. The molecule has 0 heterocycles. The van der Waals surface area contributed by atoms with E-state index < -0.39 is 11.9 Å². The summed E-state index contributed by atoms with van der Waals surface area (Å²) in [7, 11) is 0. The summed E-state index contributed by atoms with van der Waals surface area (Å²) in [4.78, 5) is 45.0. The van der Waals surface area contributed by atoms with Crippen LogP contribution in [0.15, 0.2) is 0 Å². The molecule has 38 heavy (non-hydrogen) atoms. The average Bonchev–Trinajstić information content (AvgIpc) is 2.87. The van der Waals surface area contributed by atoms with Crippen molar-refractivity contribution in [1.82, 2.24) is 0 Å². The Kier molecular flexibility index (Phi) is 27.0. The quantitative estimate of drug-likeness (QED) is 0.0851. The number of carboxylic acids is 2. The first kappa shape index (κ1) is 36.3. The number of hydrogen-bond acceptors (Lipinski definition) is 4. The predicted octanol–water partition coefficient (Wildman–Crippen LogP) is 9.22. The van der Waals surface area contributed by atoms with Crippen LogP contribution < -0.4 is 0 Å². The van der Waals surface area contributed by atoms with Crippen LogP contribution in [0.2, 0.25) is 0 Å². The molecule has 0 aliphatic rings. The smallest absolute Gasteiger partial charge is 0.303 e. The second-order valence-corrected chi connectivity index (χ2v) is 11.1. The van der Waals surface area contributed by atoms with Crippen molar-refractivity contribution in [2.24, 2.45) is 0 Å². The summed E-state index contributed by atoms with van der Waals surface area (Å²) in [6.07, 6.45) is 27.1. The van der Waals surface area contributed by atoms with Crippen molar-refractivity contribution in [1.29, 1.82) is 0 Å². The third-order valence-corrected chi connectivity index (χ3v) is 7.35. The largest absolute Gasteiger partial charge is 0.481 e. The molecule has 6 nitrogen and oxygen atoms in total. The van der Waals surface area contributed by atoms with Crippen LogP contribution in [0.1, 0.15) is 180 Å². The lowest BCUT2D eigenvalue weighted by atomic mass is 10.0. The normalized spacial score (nSPS) is 11.1. The molecule has 0 aromatic carbocycles. The van der Waals surface area contributed by atoms with Crippen molar-refractivity contribution in [3.63, 3.8) is 0 Å². The van der Waals surface area contributed by atoms with Gasteiger partial charge in [0.05, 0.1) is 0 Å². The minimum atomic E-state index is -0.697. The summed E-state index contributed by atoms with van der Waals surface area (Å²) >= 11 is 0. The fourth-order valence-electron chi connectivity index (χ4n) is 4.92. The van der Waals surface area contributed by atoms with Crippen LogP contribution in [0.3, 0.4) is 0 Å². The molecular formula is C32H58O6. The van der Waals surface area contributed by atoms with Crippen LogP contribution in [0, 0.1) is 0 Å². The molecule has 0 radical (unpaired) electrons. The van der Waals surface area contributed by atoms with E-state index >= 15 is 0 Å². The van der Waals surface area contributed by atoms with Gasteiger partial charge in [0.15, 0.2) is 0 Å². The van der Waals surface area contributed by atoms with Gasteiger partial charge in [0.2, 0.25) is 0 Å². The Bertz CT molecular complexity index is 549. The average molecular weight is 539 g/mol. The number of hydrogen-bond donors (Lipinski definition) is 2. The second kappa shape index (κ2) is 28.3. The van der Waals surface area contributed by atoms with Crippen LogP contribution >= 0.6 is 0 Å². The van der Waals surface area contributed by atoms with Crippen LogP contribution in [-0.2, 0) is 19.2 Å². The maximum absolute atomic E-state index is 12.0. The molecule has 0 rings (SSSR count). The Morgan fingerprint density at radius 1 is 0.263 bits per heavy atom. The van der Waals surface area contributed by atoms with E-state index in [4.69, 9.17) is 10.2 Å². The summed E-state index contributed by atoms with van der Waals surface area (Å²) in [6.45, 7) is 0. The third kappa shape index (κ3) is 30.5. The number of aliphatic carboxylic acids is 2. The maximum Gasteiger partial charge on any atom is 0.303 e. The number of ketones is 2. The topological polar surface area (TPSA) is 109 Å². The molecular weight excluding hydrogens is 480 g/mol. The molecule has 2 N–H and O–H groups in total. The second-order valence-electron chi connectivity index (χ2n) is 11.1. The van der Waals surface area contributed by atoms with Gasteiger partial charge in [0, 0.05) is 38.5 Å². The zero-order chi connectivity index (χ0) is 28.1. The van der Waals surface area contributed by atoms with Crippen LogP contribution in [0.5, 0.6) is 0 Å². The fourth-order valence-corrected chi connectivity index (χ4v) is 4.92. The Hall–Kier alpha value is -1.72. The first-order valence-electron chi connectivity index (χ1n) is 15.9. The lowest BCUT2D eigenvalue weighted by Gasteiger charge is -2.04. The first-order valence-corrected chi connectivity index (χ1v) is 15.9. The molecule has 0 aliphatic carbocycles. The molecule has 0 aliphatic heterocycles. The van der Waals surface area contributed by atoms with Crippen LogP contribution in [0.25, 0.3) is 0 Å².